The number of nitrogens with zero attached hydrogens (tertiary/aromatic N) is 2. The molecule has 1 heterocycles. The van der Waals surface area contributed by atoms with E-state index in [-0.39, 0.29) is 43.8 Å². The van der Waals surface area contributed by atoms with Crippen LogP contribution in [0.1, 0.15) is 23.6 Å². The van der Waals surface area contributed by atoms with E-state index < -0.39 is 0 Å². The Morgan fingerprint density at radius 3 is 2.29 bits per heavy atom. The summed E-state index contributed by atoms with van der Waals surface area (Å²) in [6, 6.07) is 11.0. The summed E-state index contributed by atoms with van der Waals surface area (Å²) in [6.07, 6.45) is 0.621. The average molecular weight is 508 g/mol. The van der Waals surface area contributed by atoms with E-state index in [1.54, 1.807) is 18.2 Å². The molecule has 0 spiro atoms. The van der Waals surface area contributed by atoms with E-state index in [4.69, 9.17) is 0 Å². The van der Waals surface area contributed by atoms with Gasteiger partial charge in [-0.05, 0) is 29.4 Å². The summed E-state index contributed by atoms with van der Waals surface area (Å²) in [5.41, 5.74) is 5.66. The van der Waals surface area contributed by atoms with E-state index in [1.165, 1.54) is 24.3 Å². The molecule has 1 radical (unpaired) electrons. The molecule has 0 saturated carbocycles. The summed E-state index contributed by atoms with van der Waals surface area (Å²) in [5.74, 6) is -0.573. The first-order chi connectivity index (χ1) is 11.0. The van der Waals surface area contributed by atoms with Gasteiger partial charge in [-0.2, -0.15) is 24.4 Å². The van der Waals surface area contributed by atoms with Gasteiger partial charge in [-0.15, -0.1) is 6.07 Å². The topological polar surface area (TPSA) is 18.5 Å². The van der Waals surface area contributed by atoms with Gasteiger partial charge in [0.15, 0.2) is 0 Å². The summed E-state index contributed by atoms with van der Waals surface area (Å²) < 4.78 is 26.5. The second-order valence-electron chi connectivity index (χ2n) is 5.71. The van der Waals surface area contributed by atoms with E-state index in [0.29, 0.717) is 12.0 Å². The summed E-state index contributed by atoms with van der Waals surface area (Å²) in [4.78, 5) is 0. The Bertz CT molecular complexity index is 693. The molecular formula is C18H19F2IrN3-2. The van der Waals surface area contributed by atoms with Crippen molar-refractivity contribution in [2.75, 3.05) is 12.1 Å². The van der Waals surface area contributed by atoms with Gasteiger partial charge in [-0.25, -0.2) is 13.8 Å². The largest absolute Gasteiger partial charge is 0.345 e. The fourth-order valence-corrected chi connectivity index (χ4v) is 3.12. The molecule has 1 aliphatic rings. The molecular weight excluding hydrogens is 488 g/mol. The van der Waals surface area contributed by atoms with Crippen molar-refractivity contribution in [3.05, 3.63) is 79.1 Å². The van der Waals surface area contributed by atoms with Crippen LogP contribution in [-0.4, -0.2) is 18.1 Å². The third-order valence-corrected chi connectivity index (χ3v) is 4.19. The van der Waals surface area contributed by atoms with E-state index in [9.17, 15) is 8.78 Å². The first kappa shape index (κ1) is 18.9. The second kappa shape index (κ2) is 7.62. The monoisotopic (exact) mass is 508 g/mol. The van der Waals surface area contributed by atoms with Gasteiger partial charge in [-0.1, -0.05) is 18.2 Å². The van der Waals surface area contributed by atoms with E-state index >= 15 is 0 Å². The molecule has 1 fully saturated rings. The van der Waals surface area contributed by atoms with Crippen molar-refractivity contribution >= 4 is 5.69 Å². The standard InChI is InChI=1S/C18H19F2N3.Ir/c1-4-16-18(13-5-7-14(19)8-6-13)22(3)21-23(16)17-10-9-15(20)11-12(17)2;/h5-11,16,18,21H,1-2,4H2,3H3;/q-2;. The van der Waals surface area contributed by atoms with E-state index in [0.717, 1.165) is 11.3 Å². The molecule has 0 amide bonds. The van der Waals surface area contributed by atoms with Gasteiger partial charge < -0.3 is 11.9 Å². The quantitative estimate of drug-likeness (QED) is 0.640. The molecule has 1 saturated heterocycles. The molecule has 2 unspecified atom stereocenters. The van der Waals surface area contributed by atoms with Crippen molar-refractivity contribution in [1.82, 2.24) is 10.5 Å². The van der Waals surface area contributed by atoms with Gasteiger partial charge in [-0.3, -0.25) is 0 Å². The van der Waals surface area contributed by atoms with Crippen LogP contribution in [0, 0.1) is 25.5 Å². The van der Waals surface area contributed by atoms with Crippen LogP contribution in [0.3, 0.4) is 0 Å². The van der Waals surface area contributed by atoms with Crippen LogP contribution in [0.2, 0.25) is 0 Å². The number of hydrazine groups is 2. The van der Waals surface area contributed by atoms with Gasteiger partial charge in [0.2, 0.25) is 0 Å². The minimum Gasteiger partial charge on any atom is -0.345 e. The molecule has 0 aromatic heterocycles. The zero-order valence-corrected chi connectivity index (χ0v) is 15.7. The van der Waals surface area contributed by atoms with Crippen LogP contribution in [0.25, 0.3) is 0 Å². The number of hydrogen-bond acceptors (Lipinski definition) is 3. The summed E-state index contributed by atoms with van der Waals surface area (Å²) in [5, 5.41) is 3.90. The van der Waals surface area contributed by atoms with Crippen LogP contribution < -0.4 is 10.5 Å². The number of likely N-dealkylation sites (N-methyl/N-ethyl adjacent to an activating group) is 1. The molecule has 1 N–H and O–H groups in total. The number of anilines is 1. The normalized spacial score (nSPS) is 20.9. The summed E-state index contributed by atoms with van der Waals surface area (Å²) in [7, 11) is 1.92. The number of halogens is 2. The van der Waals surface area contributed by atoms with Gasteiger partial charge in [0.05, 0.1) is 11.9 Å². The molecule has 6 heteroatoms. The second-order valence-corrected chi connectivity index (χ2v) is 5.71. The molecule has 2 aromatic carbocycles. The molecule has 3 rings (SSSR count). The van der Waals surface area contributed by atoms with Crippen LogP contribution >= 0.6 is 0 Å². The van der Waals surface area contributed by atoms with Crippen molar-refractivity contribution in [2.45, 2.75) is 18.5 Å². The Morgan fingerprint density at radius 1 is 1.08 bits per heavy atom. The van der Waals surface area contributed by atoms with Crippen molar-refractivity contribution < 1.29 is 28.9 Å². The van der Waals surface area contributed by atoms with E-state index in [2.05, 4.69) is 19.4 Å². The first-order valence-corrected chi connectivity index (χ1v) is 7.46. The maximum atomic E-state index is 13.3. The zero-order valence-electron chi connectivity index (χ0n) is 13.3. The minimum atomic E-state index is -0.312. The Kier molecular flexibility index (Phi) is 5.99. The van der Waals surface area contributed by atoms with Gasteiger partial charge in [0.1, 0.15) is 5.82 Å². The van der Waals surface area contributed by atoms with Crippen LogP contribution in [0.5, 0.6) is 0 Å². The van der Waals surface area contributed by atoms with Crippen LogP contribution in [-0.2, 0) is 20.1 Å². The third kappa shape index (κ3) is 3.47. The number of hydrogen-bond donors (Lipinski definition) is 1. The van der Waals surface area contributed by atoms with Crippen molar-refractivity contribution in [3.8, 4) is 0 Å². The summed E-state index contributed by atoms with van der Waals surface area (Å²) in [6.45, 7) is 7.96. The number of rotatable bonds is 3. The average Bonchev–Trinajstić information content (AvgIpc) is 2.84. The fourth-order valence-electron chi connectivity index (χ4n) is 3.12. The molecule has 0 aliphatic carbocycles. The third-order valence-electron chi connectivity index (χ3n) is 4.19. The van der Waals surface area contributed by atoms with Crippen molar-refractivity contribution in [3.63, 3.8) is 0 Å². The molecule has 1 aliphatic heterocycles. The molecule has 2 atom stereocenters. The van der Waals surface area contributed by atoms with Gasteiger partial charge in [0, 0.05) is 33.2 Å². The Morgan fingerprint density at radius 2 is 1.71 bits per heavy atom. The SMILES string of the molecule is [CH2-]CC1C(c2ccc(F)cc2)N(C)NN1c1ccc(F)cc1[CH2-].[Ir]. The summed E-state index contributed by atoms with van der Waals surface area (Å²) >= 11 is 0. The smallest absolute Gasteiger partial charge is 0.123 e. The maximum Gasteiger partial charge on any atom is 0.123 e. The van der Waals surface area contributed by atoms with Crippen LogP contribution in [0.4, 0.5) is 14.5 Å². The van der Waals surface area contributed by atoms with Crippen molar-refractivity contribution in [2.24, 2.45) is 0 Å². The van der Waals surface area contributed by atoms with Gasteiger partial charge in [0.25, 0.3) is 0 Å². The molecule has 2 aromatic rings. The molecule has 3 nitrogen and oxygen atoms in total. The minimum absolute atomic E-state index is 0. The number of benzene rings is 2. The van der Waals surface area contributed by atoms with Gasteiger partial charge >= 0.3 is 0 Å². The predicted molar refractivity (Wildman–Crippen MR) is 87.1 cm³/mol. The zero-order chi connectivity index (χ0) is 16.6. The fraction of sp³-hybridized carbons (Fsp3) is 0.222. The molecule has 131 valence electrons. The predicted octanol–water partition coefficient (Wildman–Crippen LogP) is 3.65. The first-order valence-electron chi connectivity index (χ1n) is 7.46. The molecule has 24 heavy (non-hydrogen) atoms. The Labute approximate surface area is 154 Å². The number of nitrogens with one attached hydrogen (secondary N) is 1. The van der Waals surface area contributed by atoms with Crippen molar-refractivity contribution in [1.29, 1.82) is 0 Å². The Hall–Kier alpha value is -1.46. The maximum absolute atomic E-state index is 13.3. The van der Waals surface area contributed by atoms with Crippen LogP contribution in [0.15, 0.2) is 42.5 Å². The Balaban J connectivity index is 0.00000208. The van der Waals surface area contributed by atoms with E-state index in [1.807, 2.05) is 17.1 Å². The molecule has 0 bridgehead atoms.